The van der Waals surface area contributed by atoms with Gasteiger partial charge in [-0.2, -0.15) is 0 Å². The third-order valence-electron chi connectivity index (χ3n) is 3.42. The molecule has 110 valence electrons. The van der Waals surface area contributed by atoms with Crippen LogP contribution in [0.15, 0.2) is 42.5 Å². The lowest BCUT2D eigenvalue weighted by atomic mass is 10.0. The van der Waals surface area contributed by atoms with Crippen molar-refractivity contribution in [2.75, 3.05) is 5.32 Å². The van der Waals surface area contributed by atoms with Crippen LogP contribution in [0.2, 0.25) is 0 Å². The number of nitrogens with zero attached hydrogens (tertiary/aromatic N) is 1. The SMILES string of the molecule is CCc1ccc(C(C)Nc2ccc([N+](=O)[O-])cc2I)cc1. The highest BCUT2D eigenvalue weighted by atomic mass is 127. The van der Waals surface area contributed by atoms with E-state index in [1.165, 1.54) is 17.2 Å². The van der Waals surface area contributed by atoms with Crippen molar-refractivity contribution in [3.8, 4) is 0 Å². The minimum absolute atomic E-state index is 0.116. The number of non-ortho nitro benzene ring substituents is 1. The predicted octanol–water partition coefficient (Wildman–Crippen LogP) is 4.93. The Hall–Kier alpha value is -1.63. The number of nitrogens with one attached hydrogen (secondary N) is 1. The molecule has 21 heavy (non-hydrogen) atoms. The number of halogens is 1. The summed E-state index contributed by atoms with van der Waals surface area (Å²) in [5.74, 6) is 0. The average Bonchev–Trinajstić information content (AvgIpc) is 2.49. The van der Waals surface area contributed by atoms with E-state index in [2.05, 4.69) is 66.0 Å². The van der Waals surface area contributed by atoms with Crippen LogP contribution >= 0.6 is 22.6 Å². The summed E-state index contributed by atoms with van der Waals surface area (Å²) < 4.78 is 0.846. The van der Waals surface area contributed by atoms with Gasteiger partial charge in [-0.05, 0) is 53.1 Å². The Labute approximate surface area is 137 Å². The van der Waals surface area contributed by atoms with Gasteiger partial charge in [0.2, 0.25) is 0 Å². The maximum Gasteiger partial charge on any atom is 0.270 e. The lowest BCUT2D eigenvalue weighted by molar-refractivity contribution is -0.384. The molecule has 2 rings (SSSR count). The molecule has 0 saturated heterocycles. The molecule has 1 N–H and O–H groups in total. The molecule has 1 atom stereocenters. The van der Waals surface area contributed by atoms with Crippen LogP contribution in [0.5, 0.6) is 0 Å². The second kappa shape index (κ2) is 6.89. The normalized spacial score (nSPS) is 12.0. The van der Waals surface area contributed by atoms with E-state index < -0.39 is 0 Å². The number of nitro groups is 1. The van der Waals surface area contributed by atoms with Crippen molar-refractivity contribution < 1.29 is 4.92 Å². The molecule has 5 heteroatoms. The third-order valence-corrected chi connectivity index (χ3v) is 4.32. The van der Waals surface area contributed by atoms with Crippen molar-refractivity contribution in [3.63, 3.8) is 0 Å². The maximum absolute atomic E-state index is 10.8. The summed E-state index contributed by atoms with van der Waals surface area (Å²) in [6.45, 7) is 4.22. The van der Waals surface area contributed by atoms with Crippen LogP contribution in [-0.2, 0) is 6.42 Å². The summed E-state index contributed by atoms with van der Waals surface area (Å²) in [7, 11) is 0. The van der Waals surface area contributed by atoms with Crippen LogP contribution in [0.3, 0.4) is 0 Å². The molecule has 0 heterocycles. The van der Waals surface area contributed by atoms with E-state index in [0.717, 1.165) is 15.7 Å². The standard InChI is InChI=1S/C16H17IN2O2/c1-3-12-4-6-13(7-5-12)11(2)18-16-9-8-14(19(20)21)10-15(16)17/h4-11,18H,3H2,1-2H3. The molecular weight excluding hydrogens is 379 g/mol. The first-order chi connectivity index (χ1) is 10.0. The van der Waals surface area contributed by atoms with E-state index in [9.17, 15) is 10.1 Å². The molecule has 0 amide bonds. The van der Waals surface area contributed by atoms with E-state index in [0.29, 0.717) is 0 Å². The van der Waals surface area contributed by atoms with Crippen LogP contribution in [-0.4, -0.2) is 4.92 Å². The van der Waals surface area contributed by atoms with Crippen molar-refractivity contribution in [1.29, 1.82) is 0 Å². The second-order valence-electron chi connectivity index (χ2n) is 4.88. The zero-order valence-electron chi connectivity index (χ0n) is 12.0. The zero-order valence-corrected chi connectivity index (χ0v) is 14.1. The van der Waals surface area contributed by atoms with Crippen molar-refractivity contribution in [3.05, 3.63) is 67.3 Å². The van der Waals surface area contributed by atoms with Gasteiger partial charge in [0.25, 0.3) is 5.69 Å². The molecule has 0 fully saturated rings. The fourth-order valence-corrected chi connectivity index (χ4v) is 2.75. The first kappa shape index (κ1) is 15.8. The van der Waals surface area contributed by atoms with Crippen LogP contribution < -0.4 is 5.32 Å². The average molecular weight is 396 g/mol. The lowest BCUT2D eigenvalue weighted by Gasteiger charge is -2.17. The fourth-order valence-electron chi connectivity index (χ4n) is 2.09. The number of hydrogen-bond donors (Lipinski definition) is 1. The summed E-state index contributed by atoms with van der Waals surface area (Å²) in [4.78, 5) is 10.4. The van der Waals surface area contributed by atoms with Gasteiger partial charge in [0.15, 0.2) is 0 Å². The third kappa shape index (κ3) is 3.93. The molecule has 0 saturated carbocycles. The van der Waals surface area contributed by atoms with Crippen molar-refractivity contribution >= 4 is 34.0 Å². The molecule has 0 spiro atoms. The number of aryl methyl sites for hydroxylation is 1. The van der Waals surface area contributed by atoms with E-state index in [4.69, 9.17) is 0 Å². The molecule has 2 aromatic carbocycles. The van der Waals surface area contributed by atoms with Gasteiger partial charge in [-0.25, -0.2) is 0 Å². The number of hydrogen-bond acceptors (Lipinski definition) is 3. The first-order valence-electron chi connectivity index (χ1n) is 6.80. The fraction of sp³-hybridized carbons (Fsp3) is 0.250. The summed E-state index contributed by atoms with van der Waals surface area (Å²) in [6, 6.07) is 13.5. The molecule has 0 aliphatic rings. The highest BCUT2D eigenvalue weighted by molar-refractivity contribution is 14.1. The van der Waals surface area contributed by atoms with Gasteiger partial charge in [0.1, 0.15) is 0 Å². The Kier molecular flexibility index (Phi) is 5.17. The van der Waals surface area contributed by atoms with Gasteiger partial charge >= 0.3 is 0 Å². The molecule has 2 aromatic rings. The molecular formula is C16H17IN2O2. The monoisotopic (exact) mass is 396 g/mol. The van der Waals surface area contributed by atoms with Gasteiger partial charge in [-0.15, -0.1) is 0 Å². The summed E-state index contributed by atoms with van der Waals surface area (Å²) >= 11 is 2.12. The predicted molar refractivity (Wildman–Crippen MR) is 93.7 cm³/mol. The lowest BCUT2D eigenvalue weighted by Crippen LogP contribution is -2.08. The first-order valence-corrected chi connectivity index (χ1v) is 7.88. The molecule has 4 nitrogen and oxygen atoms in total. The van der Waals surface area contributed by atoms with Crippen LogP contribution in [0, 0.1) is 13.7 Å². The van der Waals surface area contributed by atoms with E-state index in [1.54, 1.807) is 12.1 Å². The quantitative estimate of drug-likeness (QED) is 0.443. The number of anilines is 1. The Balaban J connectivity index is 2.14. The minimum atomic E-state index is -0.376. The molecule has 0 aliphatic carbocycles. The Morgan fingerprint density at radius 3 is 2.43 bits per heavy atom. The van der Waals surface area contributed by atoms with Crippen molar-refractivity contribution in [2.45, 2.75) is 26.3 Å². The molecule has 0 aromatic heterocycles. The van der Waals surface area contributed by atoms with Crippen LogP contribution in [0.4, 0.5) is 11.4 Å². The zero-order chi connectivity index (χ0) is 15.4. The highest BCUT2D eigenvalue weighted by Gasteiger charge is 2.11. The topological polar surface area (TPSA) is 55.2 Å². The Morgan fingerprint density at radius 2 is 1.90 bits per heavy atom. The van der Waals surface area contributed by atoms with Gasteiger partial charge in [-0.3, -0.25) is 10.1 Å². The van der Waals surface area contributed by atoms with E-state index in [1.807, 2.05) is 0 Å². The highest BCUT2D eigenvalue weighted by Crippen LogP contribution is 2.27. The molecule has 0 radical (unpaired) electrons. The second-order valence-corrected chi connectivity index (χ2v) is 6.04. The van der Waals surface area contributed by atoms with Crippen molar-refractivity contribution in [1.82, 2.24) is 0 Å². The van der Waals surface area contributed by atoms with Crippen molar-refractivity contribution in [2.24, 2.45) is 0 Å². The van der Waals surface area contributed by atoms with Gasteiger partial charge in [-0.1, -0.05) is 31.2 Å². The van der Waals surface area contributed by atoms with Gasteiger partial charge < -0.3 is 5.32 Å². The van der Waals surface area contributed by atoms with Crippen LogP contribution in [0.1, 0.15) is 31.0 Å². The number of nitro benzene ring substituents is 1. The van der Waals surface area contributed by atoms with Gasteiger partial charge in [0.05, 0.1) is 4.92 Å². The number of benzene rings is 2. The maximum atomic E-state index is 10.8. The summed E-state index contributed by atoms with van der Waals surface area (Å²) in [5.41, 5.74) is 3.54. The Morgan fingerprint density at radius 1 is 1.24 bits per heavy atom. The smallest absolute Gasteiger partial charge is 0.270 e. The summed E-state index contributed by atoms with van der Waals surface area (Å²) in [6.07, 6.45) is 1.03. The molecule has 0 bridgehead atoms. The Bertz CT molecular complexity index is 641. The van der Waals surface area contributed by atoms with Crippen LogP contribution in [0.25, 0.3) is 0 Å². The van der Waals surface area contributed by atoms with E-state index >= 15 is 0 Å². The minimum Gasteiger partial charge on any atom is -0.378 e. The van der Waals surface area contributed by atoms with E-state index in [-0.39, 0.29) is 16.7 Å². The summed E-state index contributed by atoms with van der Waals surface area (Å²) in [5, 5.41) is 14.2. The van der Waals surface area contributed by atoms with Gasteiger partial charge in [0, 0.05) is 27.4 Å². The number of rotatable bonds is 5. The molecule has 0 aliphatic heterocycles. The largest absolute Gasteiger partial charge is 0.378 e. The molecule has 1 unspecified atom stereocenters.